The van der Waals surface area contributed by atoms with E-state index in [2.05, 4.69) is 10.6 Å². The molecule has 1 heterocycles. The average Bonchev–Trinajstić information content (AvgIpc) is 3.22. The fourth-order valence-electron chi connectivity index (χ4n) is 2.82. The Labute approximate surface area is 174 Å². The number of amides is 2. The summed E-state index contributed by atoms with van der Waals surface area (Å²) in [6.07, 6.45) is -0.558. The van der Waals surface area contributed by atoms with Crippen LogP contribution in [0.3, 0.4) is 0 Å². The van der Waals surface area contributed by atoms with Gasteiger partial charge in [-0.3, -0.25) is 0 Å². The van der Waals surface area contributed by atoms with E-state index >= 15 is 0 Å². The van der Waals surface area contributed by atoms with Gasteiger partial charge in [-0.05, 0) is 55.9 Å². The summed E-state index contributed by atoms with van der Waals surface area (Å²) in [6.45, 7) is 0.748. The smallest absolute Gasteiger partial charge is 0.323 e. The molecule has 1 aromatic heterocycles. The lowest BCUT2D eigenvalue weighted by Gasteiger charge is -2.16. The maximum atomic E-state index is 12.4. The van der Waals surface area contributed by atoms with Crippen LogP contribution in [0.25, 0.3) is 10.4 Å². The summed E-state index contributed by atoms with van der Waals surface area (Å²) in [4.78, 5) is 15.4. The molecule has 0 fully saturated rings. The van der Waals surface area contributed by atoms with E-state index in [4.69, 9.17) is 4.74 Å². The van der Waals surface area contributed by atoms with Crippen molar-refractivity contribution >= 4 is 28.7 Å². The molecule has 3 rings (SSSR count). The average molecular weight is 412 g/mol. The quantitative estimate of drug-likeness (QED) is 0.515. The number of rotatable bonds is 8. The van der Waals surface area contributed by atoms with Crippen LogP contribution >= 0.6 is 11.3 Å². The van der Waals surface area contributed by atoms with Gasteiger partial charge in [-0.15, -0.1) is 11.3 Å². The molecule has 0 saturated carbocycles. The number of aliphatic hydroxyl groups is 1. The first-order valence-corrected chi connectivity index (χ1v) is 10.2. The van der Waals surface area contributed by atoms with Crippen LogP contribution in [0.5, 0.6) is 5.75 Å². The lowest BCUT2D eigenvalue weighted by molar-refractivity contribution is 0.0831. The van der Waals surface area contributed by atoms with Crippen LogP contribution in [0, 0.1) is 0 Å². The van der Waals surface area contributed by atoms with Gasteiger partial charge in [0.2, 0.25) is 0 Å². The minimum atomic E-state index is -0.558. The maximum Gasteiger partial charge on any atom is 0.323 e. The molecular weight excluding hydrogens is 386 g/mol. The number of benzene rings is 2. The molecule has 0 spiro atoms. The number of thiophene rings is 1. The molecule has 7 heteroatoms. The zero-order valence-electron chi connectivity index (χ0n) is 16.5. The summed E-state index contributed by atoms with van der Waals surface area (Å²) in [5.41, 5.74) is 2.39. The van der Waals surface area contributed by atoms with Crippen molar-refractivity contribution in [3.63, 3.8) is 0 Å². The van der Waals surface area contributed by atoms with E-state index in [1.165, 1.54) is 0 Å². The van der Waals surface area contributed by atoms with Gasteiger partial charge in [0.25, 0.3) is 0 Å². The number of hydrogen-bond acceptors (Lipinski definition) is 5. The number of para-hydroxylation sites is 1. The third-order valence-corrected chi connectivity index (χ3v) is 5.00. The van der Waals surface area contributed by atoms with Crippen molar-refractivity contribution in [2.24, 2.45) is 0 Å². The van der Waals surface area contributed by atoms with Crippen molar-refractivity contribution in [1.82, 2.24) is 4.90 Å². The molecule has 152 valence electrons. The van der Waals surface area contributed by atoms with E-state index in [-0.39, 0.29) is 12.6 Å². The van der Waals surface area contributed by atoms with Crippen LogP contribution in [-0.4, -0.2) is 49.4 Å². The predicted octanol–water partition coefficient (Wildman–Crippen LogP) is 4.36. The van der Waals surface area contributed by atoms with Crippen LogP contribution in [0.2, 0.25) is 0 Å². The summed E-state index contributed by atoms with van der Waals surface area (Å²) in [5, 5.41) is 17.6. The summed E-state index contributed by atoms with van der Waals surface area (Å²) in [7, 11) is 3.79. The SMILES string of the molecule is CN(C)CC(O)COc1ccc(NC(=O)Nc2ccccc2-c2cccs2)cc1. The Morgan fingerprint density at radius 2 is 1.83 bits per heavy atom. The highest BCUT2D eigenvalue weighted by atomic mass is 32.1. The number of likely N-dealkylation sites (N-methyl/N-ethyl adjacent to an activating group) is 1. The first kappa shape index (κ1) is 20.9. The van der Waals surface area contributed by atoms with Gasteiger partial charge in [-0.2, -0.15) is 0 Å². The van der Waals surface area contributed by atoms with E-state index in [0.29, 0.717) is 18.0 Å². The van der Waals surface area contributed by atoms with Crippen LogP contribution < -0.4 is 15.4 Å². The normalized spacial score (nSPS) is 11.9. The zero-order valence-corrected chi connectivity index (χ0v) is 17.3. The molecule has 0 aliphatic heterocycles. The zero-order chi connectivity index (χ0) is 20.6. The van der Waals surface area contributed by atoms with Crippen LogP contribution in [0.15, 0.2) is 66.0 Å². The van der Waals surface area contributed by atoms with E-state index < -0.39 is 6.10 Å². The van der Waals surface area contributed by atoms with Crippen LogP contribution in [-0.2, 0) is 0 Å². The van der Waals surface area contributed by atoms with Crippen molar-refractivity contribution < 1.29 is 14.6 Å². The van der Waals surface area contributed by atoms with Gasteiger partial charge in [0, 0.05) is 22.7 Å². The molecular formula is C22H25N3O3S. The Bertz CT molecular complexity index is 911. The minimum Gasteiger partial charge on any atom is -0.491 e. The van der Waals surface area contributed by atoms with Gasteiger partial charge in [0.15, 0.2) is 0 Å². The largest absolute Gasteiger partial charge is 0.491 e. The number of carbonyl (C=O) groups is 1. The van der Waals surface area contributed by atoms with E-state index in [9.17, 15) is 9.90 Å². The lowest BCUT2D eigenvalue weighted by atomic mass is 10.1. The van der Waals surface area contributed by atoms with Gasteiger partial charge in [-0.25, -0.2) is 4.79 Å². The molecule has 0 bridgehead atoms. The summed E-state index contributed by atoms with van der Waals surface area (Å²) < 4.78 is 5.58. The number of aliphatic hydroxyl groups excluding tert-OH is 1. The number of urea groups is 1. The monoisotopic (exact) mass is 411 g/mol. The van der Waals surface area contributed by atoms with Crippen molar-refractivity contribution in [2.45, 2.75) is 6.10 Å². The van der Waals surface area contributed by atoms with Crippen LogP contribution in [0.1, 0.15) is 0 Å². The van der Waals surface area contributed by atoms with Crippen molar-refractivity contribution in [1.29, 1.82) is 0 Å². The summed E-state index contributed by atoms with van der Waals surface area (Å²) in [5.74, 6) is 0.636. The summed E-state index contributed by atoms with van der Waals surface area (Å²) >= 11 is 1.63. The van der Waals surface area contributed by atoms with Gasteiger partial charge in [0.1, 0.15) is 18.5 Å². The maximum absolute atomic E-state index is 12.4. The second-order valence-electron chi connectivity index (χ2n) is 6.85. The van der Waals surface area contributed by atoms with Gasteiger partial charge in [0.05, 0.1) is 5.69 Å². The Kier molecular flexibility index (Phi) is 7.24. The molecule has 0 aliphatic carbocycles. The first-order valence-electron chi connectivity index (χ1n) is 9.28. The fourth-order valence-corrected chi connectivity index (χ4v) is 3.59. The highest BCUT2D eigenvalue weighted by Crippen LogP contribution is 2.31. The third-order valence-electron chi connectivity index (χ3n) is 4.09. The highest BCUT2D eigenvalue weighted by Gasteiger charge is 2.10. The van der Waals surface area contributed by atoms with Gasteiger partial charge >= 0.3 is 6.03 Å². The lowest BCUT2D eigenvalue weighted by Crippen LogP contribution is -2.30. The van der Waals surface area contributed by atoms with Crippen LogP contribution in [0.4, 0.5) is 16.2 Å². The van der Waals surface area contributed by atoms with E-state index in [1.54, 1.807) is 35.6 Å². The molecule has 3 aromatic rings. The molecule has 29 heavy (non-hydrogen) atoms. The van der Waals surface area contributed by atoms with Crippen molar-refractivity contribution in [3.05, 3.63) is 66.0 Å². The Morgan fingerprint density at radius 1 is 1.07 bits per heavy atom. The number of nitrogens with zero attached hydrogens (tertiary/aromatic N) is 1. The second kappa shape index (κ2) is 10.1. The number of hydrogen-bond donors (Lipinski definition) is 3. The minimum absolute atomic E-state index is 0.213. The Balaban J connectivity index is 1.55. The number of nitrogens with one attached hydrogen (secondary N) is 2. The third kappa shape index (κ3) is 6.32. The fraction of sp³-hybridized carbons (Fsp3) is 0.227. The first-order chi connectivity index (χ1) is 14.0. The molecule has 1 atom stereocenters. The van der Waals surface area contributed by atoms with Crippen molar-refractivity contribution in [3.8, 4) is 16.2 Å². The second-order valence-corrected chi connectivity index (χ2v) is 7.80. The molecule has 3 N–H and O–H groups in total. The summed E-state index contributed by atoms with van der Waals surface area (Å²) in [6, 6.07) is 18.5. The Hall–Kier alpha value is -2.87. The molecule has 2 amide bonds. The number of ether oxygens (including phenoxy) is 1. The molecule has 0 aliphatic rings. The standard InChI is InChI=1S/C22H25N3O3S/c1-25(2)14-17(26)15-28-18-11-9-16(10-12-18)23-22(27)24-20-7-4-3-6-19(20)21-8-5-13-29-21/h3-13,17,26H,14-15H2,1-2H3,(H2,23,24,27). The Morgan fingerprint density at radius 3 is 2.52 bits per heavy atom. The topological polar surface area (TPSA) is 73.8 Å². The number of anilines is 2. The molecule has 2 aromatic carbocycles. The molecule has 0 radical (unpaired) electrons. The highest BCUT2D eigenvalue weighted by molar-refractivity contribution is 7.13. The van der Waals surface area contributed by atoms with E-state index in [0.717, 1.165) is 16.1 Å². The molecule has 1 unspecified atom stereocenters. The van der Waals surface area contributed by atoms with Gasteiger partial charge in [-0.1, -0.05) is 24.3 Å². The van der Waals surface area contributed by atoms with E-state index in [1.807, 2.05) is 60.8 Å². The van der Waals surface area contributed by atoms with Crippen molar-refractivity contribution in [2.75, 3.05) is 37.9 Å². The molecule has 6 nitrogen and oxygen atoms in total. The molecule has 0 saturated heterocycles. The number of carbonyl (C=O) groups excluding carboxylic acids is 1. The predicted molar refractivity (Wildman–Crippen MR) is 119 cm³/mol. The van der Waals surface area contributed by atoms with Gasteiger partial charge < -0.3 is 25.4 Å².